The molecule has 0 atom stereocenters. The molecule has 0 aliphatic heterocycles. The minimum atomic E-state index is -0.163. The summed E-state index contributed by atoms with van der Waals surface area (Å²) in [5, 5.41) is 1.58. The van der Waals surface area contributed by atoms with E-state index in [1.165, 1.54) is 0 Å². The van der Waals surface area contributed by atoms with Crippen molar-refractivity contribution in [3.8, 4) is 0 Å². The third-order valence-corrected chi connectivity index (χ3v) is 5.33. The number of fused-ring (bicyclic) bond motifs is 1. The molecule has 0 saturated heterocycles. The first kappa shape index (κ1) is 19.2. The molecule has 4 nitrogen and oxygen atoms in total. The Morgan fingerprint density at radius 1 is 1.07 bits per heavy atom. The topological polar surface area (TPSA) is 53.2 Å². The fourth-order valence-electron chi connectivity index (χ4n) is 3.18. The SMILES string of the molecule is CCC(=O)N(Cc1ccccc1Cl)Cc1cc2ccc(C)c(C)c2[nH]c1=O. The Kier molecular flexibility index (Phi) is 5.66. The molecule has 5 heteroatoms. The first-order valence-corrected chi connectivity index (χ1v) is 9.41. The van der Waals surface area contributed by atoms with Crippen LogP contribution in [0.3, 0.4) is 0 Å². The van der Waals surface area contributed by atoms with Crippen LogP contribution in [0.4, 0.5) is 0 Å². The van der Waals surface area contributed by atoms with E-state index in [2.05, 4.69) is 4.98 Å². The fraction of sp³-hybridized carbons (Fsp3) is 0.273. The quantitative estimate of drug-likeness (QED) is 0.693. The highest BCUT2D eigenvalue weighted by molar-refractivity contribution is 6.31. The number of aromatic amines is 1. The van der Waals surface area contributed by atoms with Gasteiger partial charge in [0.1, 0.15) is 0 Å². The minimum Gasteiger partial charge on any atom is -0.334 e. The van der Waals surface area contributed by atoms with Gasteiger partial charge >= 0.3 is 0 Å². The van der Waals surface area contributed by atoms with Crippen LogP contribution < -0.4 is 5.56 Å². The number of carbonyl (C=O) groups is 1. The fourth-order valence-corrected chi connectivity index (χ4v) is 3.38. The number of hydrogen-bond donors (Lipinski definition) is 1. The second kappa shape index (κ2) is 7.97. The van der Waals surface area contributed by atoms with Crippen LogP contribution in [-0.2, 0) is 17.9 Å². The molecule has 0 unspecified atom stereocenters. The molecule has 27 heavy (non-hydrogen) atoms. The summed E-state index contributed by atoms with van der Waals surface area (Å²) >= 11 is 6.25. The molecule has 3 rings (SSSR count). The summed E-state index contributed by atoms with van der Waals surface area (Å²) < 4.78 is 0. The third-order valence-electron chi connectivity index (χ3n) is 4.96. The van der Waals surface area contributed by atoms with Crippen LogP contribution in [-0.4, -0.2) is 15.8 Å². The predicted octanol–water partition coefficient (Wildman–Crippen LogP) is 4.74. The molecule has 1 aromatic heterocycles. The Bertz CT molecular complexity index is 1060. The van der Waals surface area contributed by atoms with Crippen molar-refractivity contribution in [2.45, 2.75) is 40.3 Å². The summed E-state index contributed by atoms with van der Waals surface area (Å²) in [5.74, 6) is -0.0190. The molecule has 0 spiro atoms. The summed E-state index contributed by atoms with van der Waals surface area (Å²) in [7, 11) is 0. The number of nitrogens with zero attached hydrogens (tertiary/aromatic N) is 1. The van der Waals surface area contributed by atoms with Gasteiger partial charge in [0.25, 0.3) is 5.56 Å². The lowest BCUT2D eigenvalue weighted by molar-refractivity contribution is -0.132. The van der Waals surface area contributed by atoms with Crippen molar-refractivity contribution in [1.82, 2.24) is 9.88 Å². The Balaban J connectivity index is 1.97. The van der Waals surface area contributed by atoms with Gasteiger partial charge in [-0.25, -0.2) is 0 Å². The number of aromatic nitrogens is 1. The van der Waals surface area contributed by atoms with Gasteiger partial charge in [0, 0.05) is 23.6 Å². The van der Waals surface area contributed by atoms with E-state index in [4.69, 9.17) is 11.6 Å². The van der Waals surface area contributed by atoms with Crippen molar-refractivity contribution in [2.75, 3.05) is 0 Å². The van der Waals surface area contributed by atoms with Crippen LogP contribution in [0.25, 0.3) is 10.9 Å². The van der Waals surface area contributed by atoms with Crippen LogP contribution in [0.1, 0.15) is 35.6 Å². The van der Waals surface area contributed by atoms with E-state index in [-0.39, 0.29) is 18.0 Å². The number of rotatable bonds is 5. The highest BCUT2D eigenvalue weighted by Crippen LogP contribution is 2.21. The van der Waals surface area contributed by atoms with Crippen molar-refractivity contribution in [2.24, 2.45) is 0 Å². The second-order valence-electron chi connectivity index (χ2n) is 6.79. The van der Waals surface area contributed by atoms with E-state index in [0.717, 1.165) is 27.6 Å². The number of pyridine rings is 1. The van der Waals surface area contributed by atoms with Crippen LogP contribution in [0.15, 0.2) is 47.3 Å². The zero-order valence-corrected chi connectivity index (χ0v) is 16.6. The van der Waals surface area contributed by atoms with E-state index in [9.17, 15) is 9.59 Å². The number of carbonyl (C=O) groups excluding carboxylic acids is 1. The molecular formula is C22H23ClN2O2. The number of amides is 1. The van der Waals surface area contributed by atoms with E-state index in [1.807, 2.05) is 57.2 Å². The molecular weight excluding hydrogens is 360 g/mol. The lowest BCUT2D eigenvalue weighted by Gasteiger charge is -2.23. The lowest BCUT2D eigenvalue weighted by Crippen LogP contribution is -2.32. The van der Waals surface area contributed by atoms with E-state index >= 15 is 0 Å². The van der Waals surface area contributed by atoms with Crippen molar-refractivity contribution in [3.63, 3.8) is 0 Å². The van der Waals surface area contributed by atoms with E-state index < -0.39 is 0 Å². The second-order valence-corrected chi connectivity index (χ2v) is 7.20. The van der Waals surface area contributed by atoms with Gasteiger partial charge in [0.2, 0.25) is 5.91 Å². The number of nitrogens with one attached hydrogen (secondary N) is 1. The molecule has 1 amide bonds. The van der Waals surface area contributed by atoms with Crippen molar-refractivity contribution < 1.29 is 4.79 Å². The molecule has 0 fully saturated rings. The summed E-state index contributed by atoms with van der Waals surface area (Å²) in [6, 6.07) is 13.4. The third kappa shape index (κ3) is 4.06. The number of hydrogen-bond acceptors (Lipinski definition) is 2. The van der Waals surface area contributed by atoms with Crippen molar-refractivity contribution in [1.29, 1.82) is 0 Å². The normalized spacial score (nSPS) is 11.0. The molecule has 1 heterocycles. The van der Waals surface area contributed by atoms with Crippen LogP contribution >= 0.6 is 11.6 Å². The lowest BCUT2D eigenvalue weighted by atomic mass is 10.0. The van der Waals surface area contributed by atoms with Gasteiger partial charge in [-0.1, -0.05) is 48.9 Å². The minimum absolute atomic E-state index is 0.0190. The summed E-state index contributed by atoms with van der Waals surface area (Å²) in [5.41, 5.74) is 4.32. The number of benzene rings is 2. The van der Waals surface area contributed by atoms with Gasteiger partial charge in [-0.3, -0.25) is 9.59 Å². The monoisotopic (exact) mass is 382 g/mol. The van der Waals surface area contributed by atoms with Gasteiger partial charge in [0.15, 0.2) is 0 Å². The maximum Gasteiger partial charge on any atom is 0.253 e. The molecule has 0 bridgehead atoms. The standard InChI is InChI=1S/C22H23ClN2O2/c1-4-20(26)25(12-17-7-5-6-8-19(17)23)13-18-11-16-10-9-14(2)15(3)21(16)24-22(18)27/h5-11H,4,12-13H2,1-3H3,(H,24,27). The van der Waals surface area contributed by atoms with Crippen LogP contribution in [0.2, 0.25) is 5.02 Å². The van der Waals surface area contributed by atoms with Gasteiger partial charge in [0.05, 0.1) is 12.1 Å². The van der Waals surface area contributed by atoms with Crippen molar-refractivity contribution >= 4 is 28.4 Å². The van der Waals surface area contributed by atoms with E-state index in [1.54, 1.807) is 11.0 Å². The molecule has 0 radical (unpaired) electrons. The van der Waals surface area contributed by atoms with Gasteiger partial charge in [-0.2, -0.15) is 0 Å². The predicted molar refractivity (Wildman–Crippen MR) is 110 cm³/mol. The van der Waals surface area contributed by atoms with Gasteiger partial charge in [-0.15, -0.1) is 0 Å². The summed E-state index contributed by atoms with van der Waals surface area (Å²) in [4.78, 5) is 29.8. The Labute approximate surface area is 163 Å². The summed E-state index contributed by atoms with van der Waals surface area (Å²) in [6.45, 7) is 6.45. The van der Waals surface area contributed by atoms with Crippen LogP contribution in [0, 0.1) is 13.8 Å². The Morgan fingerprint density at radius 2 is 1.78 bits per heavy atom. The summed E-state index contributed by atoms with van der Waals surface area (Å²) in [6.07, 6.45) is 0.369. The molecule has 0 aliphatic carbocycles. The maximum atomic E-state index is 12.6. The zero-order chi connectivity index (χ0) is 19.6. The Morgan fingerprint density at radius 3 is 2.48 bits per heavy atom. The average Bonchev–Trinajstić information content (AvgIpc) is 2.66. The molecule has 140 valence electrons. The molecule has 2 aromatic carbocycles. The first-order valence-electron chi connectivity index (χ1n) is 9.04. The highest BCUT2D eigenvalue weighted by Gasteiger charge is 2.17. The van der Waals surface area contributed by atoms with Gasteiger partial charge in [-0.05, 0) is 48.1 Å². The average molecular weight is 383 g/mol. The molecule has 0 saturated carbocycles. The smallest absolute Gasteiger partial charge is 0.253 e. The highest BCUT2D eigenvalue weighted by atomic mass is 35.5. The van der Waals surface area contributed by atoms with E-state index in [0.29, 0.717) is 23.6 Å². The van der Waals surface area contributed by atoms with Crippen LogP contribution in [0.5, 0.6) is 0 Å². The first-order chi connectivity index (χ1) is 12.9. The number of aryl methyl sites for hydroxylation is 2. The molecule has 1 N–H and O–H groups in total. The van der Waals surface area contributed by atoms with Gasteiger partial charge < -0.3 is 9.88 Å². The zero-order valence-electron chi connectivity index (χ0n) is 15.8. The molecule has 0 aliphatic rings. The maximum absolute atomic E-state index is 12.6. The molecule has 3 aromatic rings. The number of halogens is 1. The van der Waals surface area contributed by atoms with Crippen molar-refractivity contribution in [3.05, 3.63) is 80.1 Å². The largest absolute Gasteiger partial charge is 0.334 e. The Hall–Kier alpha value is -2.59. The number of H-pyrrole nitrogens is 1.